The third-order valence-corrected chi connectivity index (χ3v) is 6.76. The maximum Gasteiger partial charge on any atom is 0.236 e. The van der Waals surface area contributed by atoms with Crippen LogP contribution in [0.4, 0.5) is 17.6 Å². The van der Waals surface area contributed by atoms with Crippen LogP contribution in [-0.2, 0) is 11.3 Å². The van der Waals surface area contributed by atoms with Gasteiger partial charge in [0.1, 0.15) is 0 Å². The van der Waals surface area contributed by atoms with Gasteiger partial charge in [0.25, 0.3) is 0 Å². The number of nitrogens with one attached hydrogen (secondary N) is 1. The zero-order valence-corrected chi connectivity index (χ0v) is 21.0. The molecule has 1 amide bonds. The topological polar surface area (TPSA) is 93.6 Å². The van der Waals surface area contributed by atoms with E-state index in [1.165, 1.54) is 5.56 Å². The molecule has 0 atom stereocenters. The van der Waals surface area contributed by atoms with Crippen LogP contribution < -0.4 is 10.2 Å². The van der Waals surface area contributed by atoms with Gasteiger partial charge >= 0.3 is 0 Å². The number of likely N-dealkylation sites (N-methyl/N-ethyl adjacent to an activating group) is 1. The molecule has 1 N–H and O–H groups in total. The highest BCUT2D eigenvalue weighted by atomic mass is 16.2. The van der Waals surface area contributed by atoms with E-state index >= 15 is 0 Å². The van der Waals surface area contributed by atoms with Gasteiger partial charge in [-0.2, -0.15) is 0 Å². The van der Waals surface area contributed by atoms with Crippen molar-refractivity contribution in [1.29, 1.82) is 0 Å². The lowest BCUT2D eigenvalue weighted by Gasteiger charge is -2.35. The Labute approximate surface area is 212 Å². The fraction of sp³-hybridized carbons (Fsp3) is 0.423. The van der Waals surface area contributed by atoms with Crippen molar-refractivity contribution < 1.29 is 4.79 Å². The van der Waals surface area contributed by atoms with Gasteiger partial charge in [0.15, 0.2) is 0 Å². The Morgan fingerprint density at radius 2 is 1.56 bits per heavy atom. The van der Waals surface area contributed by atoms with E-state index in [0.29, 0.717) is 25.0 Å². The molecular formula is C26H33N9O. The lowest BCUT2D eigenvalue weighted by atomic mass is 10.1. The molecule has 0 spiro atoms. The summed E-state index contributed by atoms with van der Waals surface area (Å²) < 4.78 is 0. The first-order chi connectivity index (χ1) is 17.5. The molecule has 5 aliphatic rings. The molecule has 0 aliphatic carbocycles. The fourth-order valence-electron chi connectivity index (χ4n) is 4.55. The van der Waals surface area contributed by atoms with Crippen molar-refractivity contribution >= 4 is 23.5 Å². The Bertz CT molecular complexity index is 1180. The molecule has 10 heteroatoms. The van der Waals surface area contributed by atoms with Crippen molar-refractivity contribution in [3.8, 4) is 11.3 Å². The summed E-state index contributed by atoms with van der Waals surface area (Å²) in [6.45, 7) is 6.49. The van der Waals surface area contributed by atoms with Crippen molar-refractivity contribution in [2.75, 3.05) is 70.1 Å². The predicted molar refractivity (Wildman–Crippen MR) is 140 cm³/mol. The van der Waals surface area contributed by atoms with Crippen LogP contribution in [0.15, 0.2) is 48.9 Å². The number of hydrogen-bond donors (Lipinski definition) is 1. The number of benzene rings is 1. The van der Waals surface area contributed by atoms with Crippen LogP contribution in [-0.4, -0.2) is 100 Å². The standard InChI is InChI=1S/C26H33N9O/c1-32-9-4-10-33(2)26-28-16-21(17-29-26)23-7-8-27-25(31-23)30-22-6-3-5-20(15-22)18-34-11-13-35(14-12-34)19-24(32)36/h3,5-8,15-17H,4,9-14,18-19H2,1-2H3,(H,27,30,31). The number of carbonyl (C=O) groups excluding carboxylic acids is 1. The average Bonchev–Trinajstić information content (AvgIpc) is 2.89. The molecule has 36 heavy (non-hydrogen) atoms. The SMILES string of the molecule is CN1CCCN(C)c2ncc(cn2)-c2ccnc(n2)Nc2cccc(c2)CN2CCN(CC2)CC1=O. The van der Waals surface area contributed by atoms with Crippen LogP contribution in [0.25, 0.3) is 11.3 Å². The molecule has 8 bridgehead atoms. The fourth-order valence-corrected chi connectivity index (χ4v) is 4.55. The Morgan fingerprint density at radius 1 is 0.833 bits per heavy atom. The minimum absolute atomic E-state index is 0.173. The van der Waals surface area contributed by atoms with Crippen LogP contribution in [0.2, 0.25) is 0 Å². The molecule has 2 aromatic heterocycles. The first-order valence-electron chi connectivity index (χ1n) is 12.4. The summed E-state index contributed by atoms with van der Waals surface area (Å²) >= 11 is 0. The molecule has 7 heterocycles. The number of hydrogen-bond acceptors (Lipinski definition) is 9. The van der Waals surface area contributed by atoms with E-state index in [1.807, 2.05) is 36.0 Å². The van der Waals surface area contributed by atoms with Gasteiger partial charge in [-0.1, -0.05) is 12.1 Å². The van der Waals surface area contributed by atoms with Gasteiger partial charge in [0.2, 0.25) is 17.8 Å². The Hall–Kier alpha value is -3.63. The summed E-state index contributed by atoms with van der Waals surface area (Å²) in [5.41, 5.74) is 3.76. The molecule has 0 unspecified atom stereocenters. The van der Waals surface area contributed by atoms with E-state index in [4.69, 9.17) is 0 Å². The van der Waals surface area contributed by atoms with E-state index in [0.717, 1.165) is 62.6 Å². The normalized spacial score (nSPS) is 21.3. The third kappa shape index (κ3) is 5.95. The number of rotatable bonds is 0. The Morgan fingerprint density at radius 3 is 2.33 bits per heavy atom. The van der Waals surface area contributed by atoms with Crippen LogP contribution in [0.3, 0.4) is 0 Å². The zero-order valence-electron chi connectivity index (χ0n) is 21.0. The van der Waals surface area contributed by atoms with Crippen LogP contribution in [0, 0.1) is 0 Å². The monoisotopic (exact) mass is 487 g/mol. The quantitative estimate of drug-likeness (QED) is 0.512. The molecule has 1 aromatic carbocycles. The van der Waals surface area contributed by atoms with E-state index in [-0.39, 0.29) is 5.91 Å². The second-order valence-corrected chi connectivity index (χ2v) is 9.51. The molecule has 5 aliphatic heterocycles. The van der Waals surface area contributed by atoms with E-state index in [9.17, 15) is 4.79 Å². The predicted octanol–water partition coefficient (Wildman–Crippen LogP) is 2.09. The summed E-state index contributed by atoms with van der Waals surface area (Å²) in [5, 5.41) is 3.34. The van der Waals surface area contributed by atoms with Gasteiger partial charge in [0.05, 0.1) is 12.2 Å². The van der Waals surface area contributed by atoms with Crippen molar-refractivity contribution in [1.82, 2.24) is 34.6 Å². The van der Waals surface area contributed by atoms with E-state index < -0.39 is 0 Å². The molecule has 1 saturated heterocycles. The van der Waals surface area contributed by atoms with Gasteiger partial charge in [-0.3, -0.25) is 14.6 Å². The molecule has 10 nitrogen and oxygen atoms in total. The maximum atomic E-state index is 12.8. The number of carbonyl (C=O) groups is 1. The summed E-state index contributed by atoms with van der Waals surface area (Å²) in [5.74, 6) is 1.35. The molecule has 1 fully saturated rings. The van der Waals surface area contributed by atoms with Crippen molar-refractivity contribution in [2.45, 2.75) is 13.0 Å². The third-order valence-electron chi connectivity index (χ3n) is 6.76. The smallest absolute Gasteiger partial charge is 0.236 e. The van der Waals surface area contributed by atoms with Gasteiger partial charge < -0.3 is 15.1 Å². The average molecular weight is 488 g/mol. The minimum atomic E-state index is 0.173. The van der Waals surface area contributed by atoms with Crippen LogP contribution in [0.1, 0.15) is 12.0 Å². The van der Waals surface area contributed by atoms with Gasteiger partial charge in [0, 0.05) is 89.8 Å². The van der Waals surface area contributed by atoms with Crippen LogP contribution in [0.5, 0.6) is 0 Å². The summed E-state index contributed by atoms with van der Waals surface area (Å²) in [4.78, 5) is 39.5. The molecule has 0 saturated carbocycles. The second kappa shape index (κ2) is 11.0. The first kappa shape index (κ1) is 24.1. The molecule has 8 rings (SSSR count). The number of piperazine rings is 1. The van der Waals surface area contributed by atoms with Gasteiger partial charge in [-0.15, -0.1) is 0 Å². The summed E-state index contributed by atoms with van der Waals surface area (Å²) in [6, 6.07) is 10.2. The van der Waals surface area contributed by atoms with E-state index in [1.54, 1.807) is 18.6 Å². The van der Waals surface area contributed by atoms with E-state index in [2.05, 4.69) is 53.3 Å². The Kier molecular flexibility index (Phi) is 7.33. The van der Waals surface area contributed by atoms with Crippen molar-refractivity contribution in [2.24, 2.45) is 0 Å². The summed E-state index contributed by atoms with van der Waals surface area (Å²) in [6.07, 6.45) is 6.16. The summed E-state index contributed by atoms with van der Waals surface area (Å²) in [7, 11) is 3.86. The molecular weight excluding hydrogens is 454 g/mol. The largest absolute Gasteiger partial charge is 0.345 e. The molecule has 188 valence electrons. The number of nitrogens with zero attached hydrogens (tertiary/aromatic N) is 8. The lowest BCUT2D eigenvalue weighted by molar-refractivity contribution is -0.131. The van der Waals surface area contributed by atoms with Crippen LogP contribution >= 0.6 is 0 Å². The highest BCUT2D eigenvalue weighted by Crippen LogP contribution is 2.21. The highest BCUT2D eigenvalue weighted by molar-refractivity contribution is 5.78. The van der Waals surface area contributed by atoms with Crippen molar-refractivity contribution in [3.05, 3.63) is 54.5 Å². The highest BCUT2D eigenvalue weighted by Gasteiger charge is 2.21. The second-order valence-electron chi connectivity index (χ2n) is 9.51. The molecule has 0 radical (unpaired) electrons. The number of amides is 1. The van der Waals surface area contributed by atoms with Gasteiger partial charge in [-0.25, -0.2) is 19.9 Å². The number of anilines is 3. The van der Waals surface area contributed by atoms with Gasteiger partial charge in [-0.05, 0) is 30.2 Å². The molecule has 3 aromatic rings. The number of aromatic nitrogens is 4. The Balaban J connectivity index is 1.38. The lowest BCUT2D eigenvalue weighted by Crippen LogP contribution is -2.49. The minimum Gasteiger partial charge on any atom is -0.345 e. The maximum absolute atomic E-state index is 12.8. The first-order valence-corrected chi connectivity index (χ1v) is 12.4. The zero-order chi connectivity index (χ0) is 24.9. The van der Waals surface area contributed by atoms with Crippen molar-refractivity contribution in [3.63, 3.8) is 0 Å².